The van der Waals surface area contributed by atoms with Crippen LogP contribution in [0.4, 0.5) is 5.69 Å². The van der Waals surface area contributed by atoms with Crippen LogP contribution in [0.1, 0.15) is 56.0 Å². The molecule has 2 aliphatic rings. The average molecular weight is 343 g/mol. The van der Waals surface area contributed by atoms with Crippen molar-refractivity contribution in [3.63, 3.8) is 0 Å². The molecule has 0 unspecified atom stereocenters. The Balaban J connectivity index is 1.82. The summed E-state index contributed by atoms with van der Waals surface area (Å²) in [6.45, 7) is 7.86. The zero-order valence-corrected chi connectivity index (χ0v) is 15.5. The number of anilines is 1. The van der Waals surface area contributed by atoms with E-state index in [-0.39, 0.29) is 23.9 Å². The van der Waals surface area contributed by atoms with Crippen molar-refractivity contribution in [2.24, 2.45) is 5.92 Å². The fraction of sp³-hybridized carbons (Fsp3) is 0.600. The minimum atomic E-state index is -0.00524. The second-order valence-electron chi connectivity index (χ2n) is 7.39. The van der Waals surface area contributed by atoms with E-state index in [9.17, 15) is 9.59 Å². The first-order valence-corrected chi connectivity index (χ1v) is 9.45. The predicted octanol–water partition coefficient (Wildman–Crippen LogP) is 2.49. The highest BCUT2D eigenvalue weighted by atomic mass is 16.2. The Morgan fingerprint density at radius 3 is 2.64 bits per heavy atom. The van der Waals surface area contributed by atoms with E-state index in [1.807, 2.05) is 23.1 Å². The van der Waals surface area contributed by atoms with Gasteiger partial charge in [-0.25, -0.2) is 0 Å². The molecule has 2 heterocycles. The van der Waals surface area contributed by atoms with Gasteiger partial charge in [-0.05, 0) is 68.5 Å². The van der Waals surface area contributed by atoms with Crippen LogP contribution < -0.4 is 15.5 Å². The van der Waals surface area contributed by atoms with Crippen LogP contribution in [-0.4, -0.2) is 37.0 Å². The number of amides is 2. The summed E-state index contributed by atoms with van der Waals surface area (Å²) in [5.41, 5.74) is 2.77. The average Bonchev–Trinajstić information content (AvgIpc) is 2.60. The van der Waals surface area contributed by atoms with E-state index in [0.29, 0.717) is 11.5 Å². The van der Waals surface area contributed by atoms with Crippen molar-refractivity contribution < 1.29 is 9.59 Å². The normalized spacial score (nSPS) is 23.9. The third-order valence-corrected chi connectivity index (χ3v) is 5.56. The molecule has 136 valence electrons. The maximum atomic E-state index is 12.6. The van der Waals surface area contributed by atoms with Crippen LogP contribution in [0.25, 0.3) is 0 Å². The lowest BCUT2D eigenvalue weighted by atomic mass is 9.84. The zero-order chi connectivity index (χ0) is 18.0. The molecule has 0 bridgehead atoms. The topological polar surface area (TPSA) is 61.4 Å². The molecular weight excluding hydrogens is 314 g/mol. The molecule has 25 heavy (non-hydrogen) atoms. The Bertz CT molecular complexity index is 652. The highest BCUT2D eigenvalue weighted by molar-refractivity contribution is 5.97. The third kappa shape index (κ3) is 3.71. The van der Waals surface area contributed by atoms with Crippen LogP contribution in [0.5, 0.6) is 0 Å². The van der Waals surface area contributed by atoms with Crippen LogP contribution in [0, 0.1) is 5.92 Å². The fourth-order valence-electron chi connectivity index (χ4n) is 4.26. The lowest BCUT2D eigenvalue weighted by Crippen LogP contribution is -2.47. The first-order valence-electron chi connectivity index (χ1n) is 9.45. The Kier molecular flexibility index (Phi) is 5.42. The van der Waals surface area contributed by atoms with Crippen molar-refractivity contribution in [1.29, 1.82) is 0 Å². The summed E-state index contributed by atoms with van der Waals surface area (Å²) in [6.07, 6.45) is 3.80. The fourth-order valence-corrected chi connectivity index (χ4v) is 4.26. The number of benzene rings is 1. The lowest BCUT2D eigenvalue weighted by molar-refractivity contribution is -0.117. The third-order valence-electron chi connectivity index (χ3n) is 5.56. The number of nitrogens with zero attached hydrogens (tertiary/aromatic N) is 1. The SMILES string of the molecule is CC[C@H]1[C@H](C)Cc2cc(C(=O)NC3CCNCC3)ccc2N1C(C)=O. The van der Waals surface area contributed by atoms with Crippen LogP contribution in [0.3, 0.4) is 0 Å². The maximum Gasteiger partial charge on any atom is 0.251 e. The first-order chi connectivity index (χ1) is 12.0. The van der Waals surface area contributed by atoms with Crippen molar-refractivity contribution >= 4 is 17.5 Å². The molecule has 0 radical (unpaired) electrons. The highest BCUT2D eigenvalue weighted by Gasteiger charge is 2.33. The number of carbonyl (C=O) groups excluding carboxylic acids is 2. The Morgan fingerprint density at radius 2 is 2.00 bits per heavy atom. The van der Waals surface area contributed by atoms with Gasteiger partial charge in [-0.3, -0.25) is 9.59 Å². The van der Waals surface area contributed by atoms with Crippen LogP contribution in [0.2, 0.25) is 0 Å². The van der Waals surface area contributed by atoms with Crippen molar-refractivity contribution in [1.82, 2.24) is 10.6 Å². The van der Waals surface area contributed by atoms with E-state index in [1.54, 1.807) is 6.92 Å². The number of rotatable bonds is 3. The molecule has 0 aliphatic carbocycles. The van der Waals surface area contributed by atoms with Gasteiger partial charge in [0.2, 0.25) is 5.91 Å². The highest BCUT2D eigenvalue weighted by Crippen LogP contribution is 2.35. The number of hydrogen-bond donors (Lipinski definition) is 2. The number of nitrogens with one attached hydrogen (secondary N) is 2. The maximum absolute atomic E-state index is 12.6. The summed E-state index contributed by atoms with van der Waals surface area (Å²) in [6, 6.07) is 6.27. The largest absolute Gasteiger partial charge is 0.349 e. The predicted molar refractivity (Wildman–Crippen MR) is 99.9 cm³/mol. The molecule has 2 atom stereocenters. The lowest BCUT2D eigenvalue weighted by Gasteiger charge is -2.40. The molecule has 3 rings (SSSR count). The molecule has 0 spiro atoms. The molecule has 1 aromatic carbocycles. The van der Waals surface area contributed by atoms with Gasteiger partial charge < -0.3 is 15.5 Å². The molecule has 5 heteroatoms. The van der Waals surface area contributed by atoms with E-state index < -0.39 is 0 Å². The van der Waals surface area contributed by atoms with E-state index >= 15 is 0 Å². The second kappa shape index (κ2) is 7.56. The summed E-state index contributed by atoms with van der Waals surface area (Å²) < 4.78 is 0. The Morgan fingerprint density at radius 1 is 1.28 bits per heavy atom. The first kappa shape index (κ1) is 17.9. The van der Waals surface area contributed by atoms with E-state index in [4.69, 9.17) is 0 Å². The molecule has 1 aromatic rings. The molecular formula is C20H29N3O2. The molecule has 1 fully saturated rings. The van der Waals surface area contributed by atoms with E-state index in [1.165, 1.54) is 0 Å². The van der Waals surface area contributed by atoms with Crippen molar-refractivity contribution in [3.05, 3.63) is 29.3 Å². The van der Waals surface area contributed by atoms with Gasteiger partial charge in [-0.15, -0.1) is 0 Å². The summed E-state index contributed by atoms with van der Waals surface area (Å²) in [5, 5.41) is 6.46. The van der Waals surface area contributed by atoms with E-state index in [0.717, 1.165) is 50.0 Å². The summed E-state index contributed by atoms with van der Waals surface area (Å²) in [7, 11) is 0. The van der Waals surface area contributed by atoms with Crippen molar-refractivity contribution in [3.8, 4) is 0 Å². The number of carbonyl (C=O) groups is 2. The standard InChI is InChI=1S/C20H29N3O2/c1-4-18-13(2)11-16-12-15(5-6-19(16)23(18)14(3)24)20(25)22-17-7-9-21-10-8-17/h5-6,12-13,17-18,21H,4,7-11H2,1-3H3,(H,22,25)/t13-,18+/m1/s1. The molecule has 0 saturated carbocycles. The van der Waals surface area contributed by atoms with Gasteiger partial charge >= 0.3 is 0 Å². The van der Waals surface area contributed by atoms with Gasteiger partial charge in [0, 0.05) is 30.3 Å². The van der Waals surface area contributed by atoms with Gasteiger partial charge in [0.1, 0.15) is 0 Å². The molecule has 2 N–H and O–H groups in total. The summed E-state index contributed by atoms with van der Waals surface area (Å²) in [5.74, 6) is 0.463. The number of piperidine rings is 1. The van der Waals surface area contributed by atoms with Crippen molar-refractivity contribution in [2.45, 2.75) is 58.5 Å². The minimum Gasteiger partial charge on any atom is -0.349 e. The second-order valence-corrected chi connectivity index (χ2v) is 7.39. The van der Waals surface area contributed by atoms with Crippen LogP contribution in [-0.2, 0) is 11.2 Å². The van der Waals surface area contributed by atoms with Gasteiger partial charge in [0.05, 0.1) is 0 Å². The van der Waals surface area contributed by atoms with Gasteiger partial charge in [-0.1, -0.05) is 13.8 Å². The van der Waals surface area contributed by atoms with Crippen molar-refractivity contribution in [2.75, 3.05) is 18.0 Å². The zero-order valence-electron chi connectivity index (χ0n) is 15.5. The molecule has 0 aromatic heterocycles. The van der Waals surface area contributed by atoms with Crippen LogP contribution in [0.15, 0.2) is 18.2 Å². The number of hydrogen-bond acceptors (Lipinski definition) is 3. The molecule has 5 nitrogen and oxygen atoms in total. The molecule has 2 aliphatic heterocycles. The monoisotopic (exact) mass is 343 g/mol. The van der Waals surface area contributed by atoms with Gasteiger partial charge in [0.25, 0.3) is 5.91 Å². The minimum absolute atomic E-state index is 0.00524. The quantitative estimate of drug-likeness (QED) is 0.886. The molecule has 1 saturated heterocycles. The molecule has 2 amide bonds. The Hall–Kier alpha value is -1.88. The Labute approximate surface area is 150 Å². The van der Waals surface area contributed by atoms with Crippen LogP contribution >= 0.6 is 0 Å². The summed E-state index contributed by atoms with van der Waals surface area (Å²) in [4.78, 5) is 26.7. The summed E-state index contributed by atoms with van der Waals surface area (Å²) >= 11 is 0. The van der Waals surface area contributed by atoms with Gasteiger partial charge in [-0.2, -0.15) is 0 Å². The smallest absolute Gasteiger partial charge is 0.251 e. The number of fused-ring (bicyclic) bond motifs is 1. The van der Waals surface area contributed by atoms with E-state index in [2.05, 4.69) is 24.5 Å². The van der Waals surface area contributed by atoms with Gasteiger partial charge in [0.15, 0.2) is 0 Å².